The lowest BCUT2D eigenvalue weighted by Gasteiger charge is -2.43. The molecule has 2 aliphatic heterocycles. The first kappa shape index (κ1) is 15.7. The van der Waals surface area contributed by atoms with E-state index >= 15 is 0 Å². The summed E-state index contributed by atoms with van der Waals surface area (Å²) in [5, 5.41) is 0. The summed E-state index contributed by atoms with van der Waals surface area (Å²) in [6, 6.07) is 9.87. The molecule has 4 nitrogen and oxygen atoms in total. The van der Waals surface area contributed by atoms with E-state index in [1.807, 2.05) is 40.1 Å². The fraction of sp³-hybridized carbons (Fsp3) is 0.600. The molecule has 4 rings (SSSR count). The van der Waals surface area contributed by atoms with Crippen molar-refractivity contribution in [3.8, 4) is 0 Å². The molecule has 3 fully saturated rings. The average Bonchev–Trinajstić information content (AvgIpc) is 3.39. The molecule has 1 saturated carbocycles. The minimum atomic E-state index is 0.0126. The van der Waals surface area contributed by atoms with Crippen LogP contribution in [0.2, 0.25) is 0 Å². The molecule has 0 spiro atoms. The first-order chi connectivity index (χ1) is 11.7. The first-order valence-electron chi connectivity index (χ1n) is 9.31. The van der Waals surface area contributed by atoms with Crippen molar-refractivity contribution in [3.63, 3.8) is 0 Å². The van der Waals surface area contributed by atoms with Crippen LogP contribution in [0.1, 0.15) is 31.2 Å². The van der Waals surface area contributed by atoms with Gasteiger partial charge in [-0.25, -0.2) is 0 Å². The second-order valence-electron chi connectivity index (χ2n) is 7.68. The molecule has 0 radical (unpaired) electrons. The van der Waals surface area contributed by atoms with Crippen LogP contribution >= 0.6 is 0 Å². The highest BCUT2D eigenvalue weighted by molar-refractivity contribution is 5.82. The van der Waals surface area contributed by atoms with E-state index in [-0.39, 0.29) is 17.7 Å². The van der Waals surface area contributed by atoms with Crippen LogP contribution < -0.4 is 0 Å². The zero-order valence-electron chi connectivity index (χ0n) is 14.2. The van der Waals surface area contributed by atoms with Crippen molar-refractivity contribution in [2.45, 2.75) is 32.1 Å². The number of carbonyl (C=O) groups excluding carboxylic acids is 2. The normalized spacial score (nSPS) is 24.6. The maximum Gasteiger partial charge on any atom is 0.227 e. The molecule has 0 bridgehead atoms. The van der Waals surface area contributed by atoms with Gasteiger partial charge in [-0.1, -0.05) is 30.3 Å². The predicted molar refractivity (Wildman–Crippen MR) is 92.2 cm³/mol. The molecule has 2 heterocycles. The lowest BCUT2D eigenvalue weighted by atomic mass is 9.90. The minimum absolute atomic E-state index is 0.0126. The molecule has 1 aliphatic carbocycles. The molecule has 2 saturated heterocycles. The predicted octanol–water partition coefficient (Wildman–Crippen LogP) is 2.34. The zero-order valence-corrected chi connectivity index (χ0v) is 14.2. The van der Waals surface area contributed by atoms with Gasteiger partial charge in [0, 0.05) is 26.2 Å². The van der Waals surface area contributed by atoms with Crippen LogP contribution in [0.3, 0.4) is 0 Å². The fourth-order valence-corrected chi connectivity index (χ4v) is 4.10. The third kappa shape index (κ3) is 3.33. The largest absolute Gasteiger partial charge is 0.342 e. The zero-order chi connectivity index (χ0) is 16.5. The molecule has 0 N–H and O–H groups in total. The summed E-state index contributed by atoms with van der Waals surface area (Å²) < 4.78 is 0. The highest BCUT2D eigenvalue weighted by Gasteiger charge is 2.43. The van der Waals surface area contributed by atoms with E-state index in [0.717, 1.165) is 49.9 Å². The lowest BCUT2D eigenvalue weighted by molar-refractivity contribution is -0.146. The molecular weight excluding hydrogens is 300 g/mol. The Morgan fingerprint density at radius 3 is 2.38 bits per heavy atom. The molecule has 3 aliphatic rings. The number of carbonyl (C=O) groups is 2. The van der Waals surface area contributed by atoms with Crippen molar-refractivity contribution in [1.29, 1.82) is 0 Å². The van der Waals surface area contributed by atoms with Gasteiger partial charge in [-0.3, -0.25) is 9.59 Å². The summed E-state index contributed by atoms with van der Waals surface area (Å²) in [6.07, 6.45) is 5.03. The summed E-state index contributed by atoms with van der Waals surface area (Å²) in [5.74, 6) is 2.10. The van der Waals surface area contributed by atoms with E-state index in [1.165, 1.54) is 12.8 Å². The monoisotopic (exact) mass is 326 g/mol. The quantitative estimate of drug-likeness (QED) is 0.852. The van der Waals surface area contributed by atoms with E-state index in [2.05, 4.69) is 0 Å². The van der Waals surface area contributed by atoms with Crippen LogP contribution in [-0.4, -0.2) is 47.8 Å². The average molecular weight is 326 g/mol. The van der Waals surface area contributed by atoms with E-state index < -0.39 is 0 Å². The fourth-order valence-electron chi connectivity index (χ4n) is 4.10. The van der Waals surface area contributed by atoms with Crippen molar-refractivity contribution < 1.29 is 9.59 Å². The van der Waals surface area contributed by atoms with Gasteiger partial charge in [-0.05, 0) is 43.1 Å². The lowest BCUT2D eigenvalue weighted by Crippen LogP contribution is -2.55. The van der Waals surface area contributed by atoms with Gasteiger partial charge in [0.2, 0.25) is 11.8 Å². The Hall–Kier alpha value is -1.84. The van der Waals surface area contributed by atoms with Crippen LogP contribution in [0.4, 0.5) is 0 Å². The standard InChI is InChI=1S/C20H26N2O2/c23-19(11-15-5-2-1-3-6-15)21-10-4-7-17(12-21)20(24)22-13-18(14-22)16-8-9-16/h1-3,5-6,16-18H,4,7-14H2. The Bertz CT molecular complexity index is 605. The van der Waals surface area contributed by atoms with E-state index in [9.17, 15) is 9.59 Å². The van der Waals surface area contributed by atoms with Gasteiger partial charge in [0.1, 0.15) is 0 Å². The molecule has 1 unspecified atom stereocenters. The number of likely N-dealkylation sites (tertiary alicyclic amines) is 2. The van der Waals surface area contributed by atoms with E-state index in [4.69, 9.17) is 0 Å². The topological polar surface area (TPSA) is 40.6 Å². The Balaban J connectivity index is 1.30. The number of rotatable bonds is 4. The van der Waals surface area contributed by atoms with Gasteiger partial charge in [0.15, 0.2) is 0 Å². The minimum Gasteiger partial charge on any atom is -0.342 e. The van der Waals surface area contributed by atoms with Gasteiger partial charge in [0.05, 0.1) is 12.3 Å². The van der Waals surface area contributed by atoms with Crippen LogP contribution in [0.25, 0.3) is 0 Å². The molecule has 24 heavy (non-hydrogen) atoms. The smallest absolute Gasteiger partial charge is 0.227 e. The number of amides is 2. The molecule has 0 aromatic heterocycles. The highest BCUT2D eigenvalue weighted by Crippen LogP contribution is 2.41. The number of piperidine rings is 1. The number of hydrogen-bond donors (Lipinski definition) is 0. The number of nitrogens with zero attached hydrogens (tertiary/aromatic N) is 2. The van der Waals surface area contributed by atoms with E-state index in [0.29, 0.717) is 13.0 Å². The Morgan fingerprint density at radius 2 is 1.67 bits per heavy atom. The van der Waals surface area contributed by atoms with Crippen molar-refractivity contribution in [2.75, 3.05) is 26.2 Å². The second-order valence-corrected chi connectivity index (χ2v) is 7.68. The second kappa shape index (κ2) is 6.58. The van der Waals surface area contributed by atoms with Gasteiger partial charge in [0.25, 0.3) is 0 Å². The maximum atomic E-state index is 12.7. The van der Waals surface area contributed by atoms with Gasteiger partial charge >= 0.3 is 0 Å². The summed E-state index contributed by atoms with van der Waals surface area (Å²) >= 11 is 0. The molecule has 128 valence electrons. The van der Waals surface area contributed by atoms with Crippen LogP contribution in [0.15, 0.2) is 30.3 Å². The van der Waals surface area contributed by atoms with E-state index in [1.54, 1.807) is 0 Å². The third-order valence-corrected chi connectivity index (χ3v) is 5.83. The Kier molecular flexibility index (Phi) is 4.30. The summed E-state index contributed by atoms with van der Waals surface area (Å²) in [4.78, 5) is 29.1. The van der Waals surface area contributed by atoms with Gasteiger partial charge in [-0.15, -0.1) is 0 Å². The first-order valence-corrected chi connectivity index (χ1v) is 9.31. The van der Waals surface area contributed by atoms with Crippen LogP contribution in [-0.2, 0) is 16.0 Å². The van der Waals surface area contributed by atoms with Crippen molar-refractivity contribution >= 4 is 11.8 Å². The molecule has 2 amide bonds. The molecule has 4 heteroatoms. The highest BCUT2D eigenvalue weighted by atomic mass is 16.2. The van der Waals surface area contributed by atoms with Crippen molar-refractivity contribution in [2.24, 2.45) is 17.8 Å². The molecule has 1 aromatic rings. The van der Waals surface area contributed by atoms with Crippen LogP contribution in [0.5, 0.6) is 0 Å². The SMILES string of the molecule is O=C(Cc1ccccc1)N1CCCC(C(=O)N2CC(C3CC3)C2)C1. The Morgan fingerprint density at radius 1 is 0.917 bits per heavy atom. The molecule has 1 aromatic carbocycles. The maximum absolute atomic E-state index is 12.7. The number of hydrogen-bond acceptors (Lipinski definition) is 2. The Labute approximate surface area is 143 Å². The van der Waals surface area contributed by atoms with Gasteiger partial charge < -0.3 is 9.80 Å². The van der Waals surface area contributed by atoms with Gasteiger partial charge in [-0.2, -0.15) is 0 Å². The summed E-state index contributed by atoms with van der Waals surface area (Å²) in [7, 11) is 0. The van der Waals surface area contributed by atoms with Crippen molar-refractivity contribution in [1.82, 2.24) is 9.80 Å². The summed E-state index contributed by atoms with van der Waals surface area (Å²) in [6.45, 7) is 3.31. The third-order valence-electron chi connectivity index (χ3n) is 5.83. The van der Waals surface area contributed by atoms with Crippen LogP contribution in [0, 0.1) is 17.8 Å². The molecular formula is C20H26N2O2. The van der Waals surface area contributed by atoms with Crippen molar-refractivity contribution in [3.05, 3.63) is 35.9 Å². The molecule has 1 atom stereocenters. The number of benzene rings is 1. The summed E-state index contributed by atoms with van der Waals surface area (Å²) in [5.41, 5.74) is 1.05.